The van der Waals surface area contributed by atoms with Crippen molar-refractivity contribution in [1.82, 2.24) is 0 Å². The van der Waals surface area contributed by atoms with Crippen molar-refractivity contribution in [3.05, 3.63) is 269 Å². The highest BCUT2D eigenvalue weighted by Gasteiger charge is 2.29. The van der Waals surface area contributed by atoms with Crippen molar-refractivity contribution in [2.75, 3.05) is 0 Å². The van der Waals surface area contributed by atoms with E-state index in [-0.39, 0.29) is 81.1 Å². The van der Waals surface area contributed by atoms with Crippen molar-refractivity contribution < 1.29 is 79.0 Å². The predicted molar refractivity (Wildman–Crippen MR) is 278 cm³/mol. The van der Waals surface area contributed by atoms with E-state index in [0.717, 1.165) is 0 Å². The molecule has 0 aliphatic heterocycles. The normalized spacial score (nSPS) is 11.7. The van der Waals surface area contributed by atoms with Gasteiger partial charge in [-0.3, -0.25) is 0 Å². The molecule has 0 aliphatic rings. The third kappa shape index (κ3) is 11.2. The Labute approximate surface area is 450 Å². The van der Waals surface area contributed by atoms with Gasteiger partial charge in [-0.2, -0.15) is 0 Å². The SMILES string of the molecule is Fc1cc(P(c2cccc(-c3cc(-c4cccc(P(c5cc(F)c(F)c(F)c5)c5cc(F)c(F)c(F)c5)c4)cc(-c4cccc(P(c5cc(F)c(F)c(F)c5)c5cc(F)c(F)c(F)c5)c4)c3)c2)c2cc(F)c(F)c(F)c2)cc(F)c1F. The molecule has 0 saturated heterocycles. The van der Waals surface area contributed by atoms with Gasteiger partial charge in [0.15, 0.2) is 105 Å². The molecule has 0 bridgehead atoms. The largest absolute Gasteiger partial charge is 0.204 e. The molecule has 0 saturated carbocycles. The summed E-state index contributed by atoms with van der Waals surface area (Å²) in [6.45, 7) is 0. The second kappa shape index (κ2) is 22.6. The maximum absolute atomic E-state index is 15.0. The topological polar surface area (TPSA) is 0 Å². The second-order valence-corrected chi connectivity index (χ2v) is 24.5. The zero-order chi connectivity index (χ0) is 57.9. The molecule has 0 amide bonds. The van der Waals surface area contributed by atoms with Gasteiger partial charge in [-0.15, -0.1) is 0 Å². The van der Waals surface area contributed by atoms with Gasteiger partial charge in [-0.25, -0.2) is 79.0 Å². The van der Waals surface area contributed by atoms with Crippen molar-refractivity contribution in [1.29, 1.82) is 0 Å². The lowest BCUT2D eigenvalue weighted by molar-refractivity contribution is 0.448. The number of halogens is 18. The third-order valence-electron chi connectivity index (χ3n) is 12.6. The molecule has 0 fully saturated rings. The summed E-state index contributed by atoms with van der Waals surface area (Å²) in [5.41, 5.74) is 1.41. The van der Waals surface area contributed by atoms with Gasteiger partial charge in [0.05, 0.1) is 0 Å². The summed E-state index contributed by atoms with van der Waals surface area (Å²) in [5, 5.41) is -1.60. The van der Waals surface area contributed by atoms with Gasteiger partial charge in [0.2, 0.25) is 0 Å². The van der Waals surface area contributed by atoms with Gasteiger partial charge in [0.25, 0.3) is 0 Å². The molecular weight excluding hydrogens is 1160 g/mol. The lowest BCUT2D eigenvalue weighted by Gasteiger charge is -2.22. The summed E-state index contributed by atoms with van der Waals surface area (Å²) >= 11 is 0. The molecular formula is C60H27F18P3. The van der Waals surface area contributed by atoms with E-state index < -0.39 is 128 Å². The molecule has 0 nitrogen and oxygen atoms in total. The first-order valence-corrected chi connectivity index (χ1v) is 27.3. The van der Waals surface area contributed by atoms with E-state index >= 15 is 0 Å². The van der Waals surface area contributed by atoms with Crippen LogP contribution in [0.4, 0.5) is 79.0 Å². The summed E-state index contributed by atoms with van der Waals surface area (Å²) in [4.78, 5) is 0. The Balaban J connectivity index is 1.20. The summed E-state index contributed by atoms with van der Waals surface area (Å²) in [6.07, 6.45) is 0. The second-order valence-electron chi connectivity index (χ2n) is 17.8. The first kappa shape index (κ1) is 56.5. The molecule has 0 atom stereocenters. The lowest BCUT2D eigenvalue weighted by atomic mass is 9.93. The van der Waals surface area contributed by atoms with Crippen LogP contribution in [-0.2, 0) is 0 Å². The molecule has 10 aromatic carbocycles. The van der Waals surface area contributed by atoms with Crippen molar-refractivity contribution in [3.63, 3.8) is 0 Å². The van der Waals surface area contributed by atoms with E-state index in [1.54, 1.807) is 18.2 Å². The average molecular weight is 1180 g/mol. The molecule has 10 aromatic rings. The van der Waals surface area contributed by atoms with Gasteiger partial charge in [0, 0.05) is 0 Å². The molecule has 10 rings (SSSR count). The Kier molecular flexibility index (Phi) is 15.8. The van der Waals surface area contributed by atoms with Gasteiger partial charge in [-0.1, -0.05) is 54.6 Å². The van der Waals surface area contributed by atoms with E-state index in [2.05, 4.69) is 0 Å². The molecule has 0 radical (unpaired) electrons. The Morgan fingerprint density at radius 1 is 0.160 bits per heavy atom. The van der Waals surface area contributed by atoms with Crippen molar-refractivity contribution >= 4 is 71.5 Å². The smallest absolute Gasteiger partial charge is 0.194 e. The number of benzene rings is 10. The quantitative estimate of drug-likeness (QED) is 0.0650. The molecule has 408 valence electrons. The standard InChI is InChI=1S/C60H27F18P3/c61-43-16-37(17-44(62)55(43)73)79(38-18-45(63)56(74)46(64)19-38)34-7-1-4-28(13-34)31-10-32(29-5-2-8-35(14-29)80(39-20-47(65)57(75)48(66)21-39)40-22-49(67)58(76)50(68)23-40)12-33(11-31)30-6-3-9-36(15-30)81(41-24-51(69)59(77)52(70)25-41)42-26-53(71)60(78)54(72)27-42/h1-27H. The number of rotatable bonds is 12. The van der Waals surface area contributed by atoms with Crippen LogP contribution < -0.4 is 47.7 Å². The lowest BCUT2D eigenvalue weighted by Crippen LogP contribution is -2.23. The zero-order valence-electron chi connectivity index (χ0n) is 40.2. The van der Waals surface area contributed by atoms with Crippen LogP contribution >= 0.6 is 23.8 Å². The van der Waals surface area contributed by atoms with E-state index in [4.69, 9.17) is 0 Å². The molecule has 0 N–H and O–H groups in total. The Bertz CT molecular complexity index is 3430. The average Bonchev–Trinajstić information content (AvgIpc) is 3.64. The van der Waals surface area contributed by atoms with E-state index in [1.807, 2.05) is 0 Å². The monoisotopic (exact) mass is 1180 g/mol. The van der Waals surface area contributed by atoms with Crippen LogP contribution in [0.1, 0.15) is 0 Å². The highest BCUT2D eigenvalue weighted by atomic mass is 31.1. The van der Waals surface area contributed by atoms with Crippen LogP contribution in [0.3, 0.4) is 0 Å². The van der Waals surface area contributed by atoms with Crippen LogP contribution in [0.2, 0.25) is 0 Å². The highest BCUT2D eigenvalue weighted by Crippen LogP contribution is 2.42. The van der Waals surface area contributed by atoms with Crippen molar-refractivity contribution in [3.8, 4) is 33.4 Å². The number of hydrogen-bond donors (Lipinski definition) is 0. The predicted octanol–water partition coefficient (Wildman–Crippen LogP) is 14.5. The maximum Gasteiger partial charge on any atom is 0.194 e. The van der Waals surface area contributed by atoms with Gasteiger partial charge >= 0.3 is 0 Å². The molecule has 0 spiro atoms. The molecule has 81 heavy (non-hydrogen) atoms. The first-order valence-electron chi connectivity index (χ1n) is 23.3. The summed E-state index contributed by atoms with van der Waals surface area (Å²) < 4.78 is 266. The summed E-state index contributed by atoms with van der Waals surface area (Å²) in [5.74, 6) is -31.2. The summed E-state index contributed by atoms with van der Waals surface area (Å²) in [7, 11) is -7.44. The maximum atomic E-state index is 15.0. The van der Waals surface area contributed by atoms with Crippen LogP contribution in [0.25, 0.3) is 33.4 Å². The van der Waals surface area contributed by atoms with Crippen LogP contribution in [-0.4, -0.2) is 0 Å². The summed E-state index contributed by atoms with van der Waals surface area (Å²) in [6, 6.07) is 29.3. The minimum atomic E-state index is -2.48. The van der Waals surface area contributed by atoms with Gasteiger partial charge in [-0.05, 0) is 214 Å². The molecule has 0 aliphatic carbocycles. The Morgan fingerprint density at radius 2 is 0.321 bits per heavy atom. The molecule has 0 heterocycles. The first-order chi connectivity index (χ1) is 38.5. The fourth-order valence-corrected chi connectivity index (χ4v) is 16.1. The zero-order valence-corrected chi connectivity index (χ0v) is 42.9. The van der Waals surface area contributed by atoms with E-state index in [9.17, 15) is 79.0 Å². The third-order valence-corrected chi connectivity index (χ3v) is 19.6. The van der Waals surface area contributed by atoms with Crippen molar-refractivity contribution in [2.24, 2.45) is 0 Å². The fraction of sp³-hybridized carbons (Fsp3) is 0. The van der Waals surface area contributed by atoms with Gasteiger partial charge < -0.3 is 0 Å². The fourth-order valence-electron chi connectivity index (χ4n) is 8.97. The Morgan fingerprint density at radius 3 is 0.481 bits per heavy atom. The minimum absolute atomic E-state index is 0.0978. The van der Waals surface area contributed by atoms with Crippen LogP contribution in [0.15, 0.2) is 164 Å². The minimum Gasteiger partial charge on any atom is -0.204 e. The molecule has 0 aromatic heterocycles. The Hall–Kier alpha value is -7.77. The van der Waals surface area contributed by atoms with Crippen molar-refractivity contribution in [2.45, 2.75) is 0 Å². The van der Waals surface area contributed by atoms with E-state index in [1.165, 1.54) is 72.8 Å². The van der Waals surface area contributed by atoms with Gasteiger partial charge in [0.1, 0.15) is 0 Å². The van der Waals surface area contributed by atoms with Crippen LogP contribution in [0, 0.1) is 105 Å². The van der Waals surface area contributed by atoms with E-state index in [0.29, 0.717) is 72.8 Å². The molecule has 21 heteroatoms. The highest BCUT2D eigenvalue weighted by molar-refractivity contribution is 7.80. The van der Waals surface area contributed by atoms with Crippen LogP contribution in [0.5, 0.6) is 0 Å². The molecule has 0 unspecified atom stereocenters. The number of hydrogen-bond acceptors (Lipinski definition) is 0.